The fourth-order valence-electron chi connectivity index (χ4n) is 2.21. The van der Waals surface area contributed by atoms with E-state index in [0.717, 1.165) is 28.1 Å². The van der Waals surface area contributed by atoms with E-state index in [2.05, 4.69) is 11.4 Å². The average molecular weight is 246 g/mol. The number of fused-ring (bicyclic) bond motifs is 2. The number of rotatable bonds is 3. The topological polar surface area (TPSA) is 45.1 Å². The van der Waals surface area contributed by atoms with Crippen molar-refractivity contribution in [3.8, 4) is 0 Å². The quantitative estimate of drug-likeness (QED) is 0.873. The van der Waals surface area contributed by atoms with E-state index in [-0.39, 0.29) is 6.61 Å². The third-order valence-electron chi connectivity index (χ3n) is 2.98. The highest BCUT2D eigenvalue weighted by molar-refractivity contribution is 7.98. The molecular formula is C13H14N2OS. The number of hydrogen-bond donors (Lipinski definition) is 2. The van der Waals surface area contributed by atoms with Crippen LogP contribution in [0.4, 0.5) is 5.69 Å². The molecule has 3 nitrogen and oxygen atoms in total. The Labute approximate surface area is 104 Å². The Morgan fingerprint density at radius 2 is 2.18 bits per heavy atom. The summed E-state index contributed by atoms with van der Waals surface area (Å²) in [5.74, 6) is 2.01. The zero-order valence-electron chi connectivity index (χ0n) is 9.44. The van der Waals surface area contributed by atoms with Crippen LogP contribution < -0.4 is 5.32 Å². The van der Waals surface area contributed by atoms with Crippen LogP contribution in [0.3, 0.4) is 0 Å². The molecule has 3 rings (SSSR count). The number of thioether (sulfide) groups is 1. The van der Waals surface area contributed by atoms with Gasteiger partial charge in [-0.1, -0.05) is 18.2 Å². The molecule has 1 aromatic heterocycles. The number of pyridine rings is 1. The van der Waals surface area contributed by atoms with Crippen LogP contribution >= 0.6 is 11.8 Å². The smallest absolute Gasteiger partial charge is 0.0726 e. The first-order chi connectivity index (χ1) is 8.40. The highest BCUT2D eigenvalue weighted by Crippen LogP contribution is 2.37. The number of nitrogens with zero attached hydrogens (tertiary/aromatic N) is 1. The van der Waals surface area contributed by atoms with Gasteiger partial charge in [0.15, 0.2) is 0 Å². The molecular weight excluding hydrogens is 232 g/mol. The number of anilines is 1. The molecule has 2 N–H and O–H groups in total. The predicted molar refractivity (Wildman–Crippen MR) is 72.3 cm³/mol. The van der Waals surface area contributed by atoms with Gasteiger partial charge >= 0.3 is 0 Å². The highest BCUT2D eigenvalue weighted by Gasteiger charge is 2.19. The number of nitrogens with one attached hydrogen (secondary N) is 1. The number of aliphatic hydroxyl groups excluding tert-OH is 1. The summed E-state index contributed by atoms with van der Waals surface area (Å²) in [7, 11) is 0. The molecule has 0 saturated heterocycles. The van der Waals surface area contributed by atoms with Crippen LogP contribution in [0, 0.1) is 0 Å². The van der Waals surface area contributed by atoms with Crippen molar-refractivity contribution in [1.29, 1.82) is 0 Å². The van der Waals surface area contributed by atoms with Crippen molar-refractivity contribution in [2.75, 3.05) is 18.5 Å². The molecule has 0 amide bonds. The van der Waals surface area contributed by atoms with Gasteiger partial charge in [0.2, 0.25) is 0 Å². The molecule has 0 aliphatic carbocycles. The average Bonchev–Trinajstić information content (AvgIpc) is 2.82. The second-order valence-corrected chi connectivity index (χ2v) is 5.06. The van der Waals surface area contributed by atoms with E-state index in [9.17, 15) is 0 Å². The number of para-hydroxylation sites is 1. The summed E-state index contributed by atoms with van der Waals surface area (Å²) in [6.45, 7) is 0.740. The van der Waals surface area contributed by atoms with Gasteiger partial charge < -0.3 is 10.4 Å². The molecule has 0 bridgehead atoms. The largest absolute Gasteiger partial charge is 0.395 e. The summed E-state index contributed by atoms with van der Waals surface area (Å²) in [6, 6.07) is 8.18. The monoisotopic (exact) mass is 246 g/mol. The molecule has 4 heteroatoms. The van der Waals surface area contributed by atoms with Crippen molar-refractivity contribution in [1.82, 2.24) is 4.98 Å². The van der Waals surface area contributed by atoms with Gasteiger partial charge in [-0.15, -0.1) is 0 Å². The van der Waals surface area contributed by atoms with Crippen LogP contribution in [0.1, 0.15) is 11.3 Å². The van der Waals surface area contributed by atoms with Gasteiger partial charge in [0, 0.05) is 34.7 Å². The maximum Gasteiger partial charge on any atom is 0.0726 e. The molecule has 0 fully saturated rings. The summed E-state index contributed by atoms with van der Waals surface area (Å²) in [5, 5.41) is 13.5. The summed E-state index contributed by atoms with van der Waals surface area (Å²) in [5.41, 5.74) is 4.69. The fraction of sp³-hybridized carbons (Fsp3) is 0.308. The molecule has 1 aliphatic rings. The minimum atomic E-state index is 0.151. The van der Waals surface area contributed by atoms with E-state index in [0.29, 0.717) is 6.54 Å². The SMILES string of the molecule is OCCNc1c2c(nc3ccccc13)CSC2. The molecule has 1 aromatic carbocycles. The molecule has 1 aliphatic heterocycles. The van der Waals surface area contributed by atoms with Crippen molar-refractivity contribution < 1.29 is 5.11 Å². The van der Waals surface area contributed by atoms with E-state index in [4.69, 9.17) is 10.1 Å². The van der Waals surface area contributed by atoms with Crippen LogP contribution in [-0.4, -0.2) is 23.2 Å². The van der Waals surface area contributed by atoms with Gasteiger partial charge in [0.25, 0.3) is 0 Å². The first-order valence-electron chi connectivity index (χ1n) is 5.73. The van der Waals surface area contributed by atoms with Gasteiger partial charge in [0.1, 0.15) is 0 Å². The lowest BCUT2D eigenvalue weighted by molar-refractivity contribution is 0.311. The van der Waals surface area contributed by atoms with E-state index in [1.165, 1.54) is 11.3 Å². The zero-order valence-corrected chi connectivity index (χ0v) is 10.3. The van der Waals surface area contributed by atoms with Crippen molar-refractivity contribution in [3.63, 3.8) is 0 Å². The number of hydrogen-bond acceptors (Lipinski definition) is 4. The van der Waals surface area contributed by atoms with Gasteiger partial charge in [-0.25, -0.2) is 0 Å². The maximum atomic E-state index is 8.96. The predicted octanol–water partition coefficient (Wildman–Crippen LogP) is 2.39. The Morgan fingerprint density at radius 1 is 1.29 bits per heavy atom. The van der Waals surface area contributed by atoms with Gasteiger partial charge in [-0.3, -0.25) is 4.98 Å². The molecule has 2 aromatic rings. The Morgan fingerprint density at radius 3 is 3.06 bits per heavy atom. The van der Waals surface area contributed by atoms with Crippen LogP contribution in [0.15, 0.2) is 24.3 Å². The van der Waals surface area contributed by atoms with E-state index in [1.54, 1.807) is 0 Å². The Bertz CT molecular complexity index is 556. The van der Waals surface area contributed by atoms with Gasteiger partial charge in [-0.2, -0.15) is 11.8 Å². The summed E-state index contributed by atoms with van der Waals surface area (Å²) in [4.78, 5) is 4.70. The maximum absolute atomic E-state index is 8.96. The van der Waals surface area contributed by atoms with E-state index >= 15 is 0 Å². The zero-order chi connectivity index (χ0) is 11.7. The van der Waals surface area contributed by atoms with Crippen LogP contribution in [-0.2, 0) is 11.5 Å². The molecule has 17 heavy (non-hydrogen) atoms. The molecule has 0 unspecified atom stereocenters. The summed E-state index contributed by atoms with van der Waals surface area (Å²) >= 11 is 1.90. The van der Waals surface area contributed by atoms with Gasteiger partial charge in [0.05, 0.1) is 17.8 Å². The third-order valence-corrected chi connectivity index (χ3v) is 3.95. The molecule has 88 valence electrons. The van der Waals surface area contributed by atoms with Crippen molar-refractivity contribution >= 4 is 28.4 Å². The second-order valence-electron chi connectivity index (χ2n) is 4.07. The Kier molecular flexibility index (Phi) is 2.91. The van der Waals surface area contributed by atoms with E-state index in [1.807, 2.05) is 30.0 Å². The number of aliphatic hydroxyl groups is 1. The first kappa shape index (κ1) is 10.9. The molecule has 0 radical (unpaired) electrons. The van der Waals surface area contributed by atoms with Crippen molar-refractivity contribution in [2.24, 2.45) is 0 Å². The Hall–Kier alpha value is -1.26. The molecule has 2 heterocycles. The third kappa shape index (κ3) is 1.87. The lowest BCUT2D eigenvalue weighted by Gasteiger charge is -2.13. The van der Waals surface area contributed by atoms with Crippen molar-refractivity contribution in [2.45, 2.75) is 11.5 Å². The van der Waals surface area contributed by atoms with Crippen LogP contribution in [0.2, 0.25) is 0 Å². The molecule has 0 saturated carbocycles. The normalized spacial score (nSPS) is 13.9. The summed E-state index contributed by atoms with van der Waals surface area (Å²) < 4.78 is 0. The minimum absolute atomic E-state index is 0.151. The first-order valence-corrected chi connectivity index (χ1v) is 6.88. The lowest BCUT2D eigenvalue weighted by Crippen LogP contribution is -2.08. The lowest BCUT2D eigenvalue weighted by atomic mass is 10.1. The van der Waals surface area contributed by atoms with Gasteiger partial charge in [-0.05, 0) is 6.07 Å². The van der Waals surface area contributed by atoms with Crippen LogP contribution in [0.25, 0.3) is 10.9 Å². The van der Waals surface area contributed by atoms with E-state index < -0.39 is 0 Å². The molecule has 0 atom stereocenters. The second kappa shape index (κ2) is 4.55. The minimum Gasteiger partial charge on any atom is -0.395 e. The number of aromatic nitrogens is 1. The van der Waals surface area contributed by atoms with Crippen LogP contribution in [0.5, 0.6) is 0 Å². The summed E-state index contributed by atoms with van der Waals surface area (Å²) in [6.07, 6.45) is 0. The standard InChI is InChI=1S/C13H14N2OS/c16-6-5-14-13-9-3-1-2-4-11(9)15-12-8-17-7-10(12)13/h1-4,16H,5-8H2,(H,14,15). The Balaban J connectivity index is 2.20. The number of benzene rings is 1. The fourth-order valence-corrected chi connectivity index (χ4v) is 3.26. The highest BCUT2D eigenvalue weighted by atomic mass is 32.2. The van der Waals surface area contributed by atoms with Crippen molar-refractivity contribution in [3.05, 3.63) is 35.5 Å². The molecule has 0 spiro atoms.